The van der Waals surface area contributed by atoms with Gasteiger partial charge in [0.1, 0.15) is 0 Å². The van der Waals surface area contributed by atoms with Gasteiger partial charge in [-0.25, -0.2) is 0 Å². The van der Waals surface area contributed by atoms with Crippen LogP contribution in [0.3, 0.4) is 0 Å². The van der Waals surface area contributed by atoms with Crippen LogP contribution in [0.5, 0.6) is 0 Å². The van der Waals surface area contributed by atoms with Crippen LogP contribution in [0.15, 0.2) is 23.7 Å². The molecular weight excluding hydrogens is 335 g/mol. The normalized spacial score (nSPS) is 18.9. The highest BCUT2D eigenvalue weighted by atomic mass is 32.2. The number of carbonyl (C=O) groups is 1. The number of hydrogen-bond acceptors (Lipinski definition) is 6. The summed E-state index contributed by atoms with van der Waals surface area (Å²) in [5.41, 5.74) is 7.46. The third-order valence-electron chi connectivity index (χ3n) is 4.54. The van der Waals surface area contributed by atoms with Gasteiger partial charge in [-0.05, 0) is 56.9 Å². The van der Waals surface area contributed by atoms with Crippen molar-refractivity contribution in [2.45, 2.75) is 45.8 Å². The molecule has 1 saturated heterocycles. The fourth-order valence-electron chi connectivity index (χ4n) is 2.36. The van der Waals surface area contributed by atoms with Crippen LogP contribution in [0.2, 0.25) is 0 Å². The minimum Gasteiger partial charge on any atom is -0.400 e. The van der Waals surface area contributed by atoms with Gasteiger partial charge in [0, 0.05) is 18.4 Å². The summed E-state index contributed by atoms with van der Waals surface area (Å²) in [6.45, 7) is 9.43. The van der Waals surface area contributed by atoms with Gasteiger partial charge in [-0.2, -0.15) is 5.26 Å². The molecule has 0 aromatic heterocycles. The highest BCUT2D eigenvalue weighted by Crippen LogP contribution is 2.39. The largest absolute Gasteiger partial charge is 0.491 e. The molecular formula is C18H23BN2O3S. The Morgan fingerprint density at radius 3 is 2.44 bits per heavy atom. The number of benzene rings is 1. The Balaban J connectivity index is 2.42. The molecule has 1 fully saturated rings. The molecule has 0 atom stereocenters. The quantitative estimate of drug-likeness (QED) is 0.656. The zero-order chi connectivity index (χ0) is 18.8. The topological polar surface area (TPSA) is 85.3 Å². The van der Waals surface area contributed by atoms with Crippen molar-refractivity contribution < 1.29 is 14.1 Å². The number of nitrogens with zero attached hydrogens (tertiary/aromatic N) is 1. The second kappa shape index (κ2) is 7.24. The van der Waals surface area contributed by atoms with E-state index in [0.717, 1.165) is 5.47 Å². The highest BCUT2D eigenvalue weighted by molar-refractivity contribution is 8.13. The van der Waals surface area contributed by atoms with Crippen LogP contribution in [0, 0.1) is 11.3 Å². The fraction of sp³-hybridized carbons (Fsp3) is 0.444. The molecule has 1 aliphatic heterocycles. The molecule has 0 aliphatic carbocycles. The Bertz CT molecular complexity index is 737. The average Bonchev–Trinajstić information content (AvgIpc) is 2.71. The number of hydrogen-bond donors (Lipinski definition) is 1. The van der Waals surface area contributed by atoms with E-state index < -0.39 is 18.3 Å². The first-order valence-electron chi connectivity index (χ1n) is 8.05. The van der Waals surface area contributed by atoms with Gasteiger partial charge in [-0.1, -0.05) is 17.8 Å². The highest BCUT2D eigenvalue weighted by Gasteiger charge is 2.52. The maximum absolute atomic E-state index is 11.4. The van der Waals surface area contributed by atoms with Crippen LogP contribution in [0.4, 0.5) is 5.69 Å². The molecule has 132 valence electrons. The number of rotatable bonds is 4. The first kappa shape index (κ1) is 19.6. The smallest absolute Gasteiger partial charge is 0.400 e. The lowest BCUT2D eigenvalue weighted by atomic mass is 9.78. The Morgan fingerprint density at radius 2 is 1.92 bits per heavy atom. The number of nitrogen functional groups attached to an aromatic ring is 1. The van der Waals surface area contributed by atoms with Crippen LogP contribution >= 0.6 is 11.8 Å². The molecule has 1 aromatic rings. The molecule has 2 rings (SSSR count). The molecule has 7 heteroatoms. The van der Waals surface area contributed by atoms with E-state index in [1.54, 1.807) is 18.2 Å². The van der Waals surface area contributed by atoms with Gasteiger partial charge in [-0.3, -0.25) is 4.79 Å². The van der Waals surface area contributed by atoms with Crippen LogP contribution in [-0.2, 0) is 14.1 Å². The molecule has 0 saturated carbocycles. The second-order valence-electron chi connectivity index (χ2n) is 7.05. The van der Waals surface area contributed by atoms with Gasteiger partial charge in [0.25, 0.3) is 0 Å². The van der Waals surface area contributed by atoms with E-state index in [1.807, 2.05) is 33.8 Å². The Morgan fingerprint density at radius 1 is 1.32 bits per heavy atom. The molecule has 1 aliphatic rings. The molecule has 0 radical (unpaired) electrons. The van der Waals surface area contributed by atoms with Crippen molar-refractivity contribution in [2.24, 2.45) is 0 Å². The molecule has 0 spiro atoms. The van der Waals surface area contributed by atoms with Gasteiger partial charge < -0.3 is 15.0 Å². The zero-order valence-electron chi connectivity index (χ0n) is 15.3. The summed E-state index contributed by atoms with van der Waals surface area (Å²) < 4.78 is 12.2. The maximum Gasteiger partial charge on any atom is 0.491 e. The van der Waals surface area contributed by atoms with E-state index in [1.165, 1.54) is 18.7 Å². The van der Waals surface area contributed by atoms with Crippen LogP contribution in [0.25, 0.3) is 6.08 Å². The summed E-state index contributed by atoms with van der Waals surface area (Å²) in [7, 11) is -0.579. The number of anilines is 1. The lowest BCUT2D eigenvalue weighted by Gasteiger charge is -2.32. The van der Waals surface area contributed by atoms with Gasteiger partial charge in [0.05, 0.1) is 22.8 Å². The third kappa shape index (κ3) is 4.46. The lowest BCUT2D eigenvalue weighted by Crippen LogP contribution is -2.41. The molecule has 0 amide bonds. The van der Waals surface area contributed by atoms with E-state index in [2.05, 4.69) is 6.07 Å². The summed E-state index contributed by atoms with van der Waals surface area (Å²) in [4.78, 5) is 11.4. The molecule has 5 nitrogen and oxygen atoms in total. The predicted molar refractivity (Wildman–Crippen MR) is 103 cm³/mol. The number of carbonyl (C=O) groups excluding carboxylic acids is 1. The lowest BCUT2D eigenvalue weighted by molar-refractivity contribution is -0.109. The zero-order valence-corrected chi connectivity index (χ0v) is 16.1. The summed E-state index contributed by atoms with van der Waals surface area (Å²) in [6, 6.07) is 7.27. The summed E-state index contributed by atoms with van der Waals surface area (Å²) >= 11 is 1.18. The minimum absolute atomic E-state index is 0.00972. The number of thioether (sulfide) groups is 1. The average molecular weight is 358 g/mol. The molecule has 25 heavy (non-hydrogen) atoms. The Labute approximate surface area is 153 Å². The van der Waals surface area contributed by atoms with Crippen LogP contribution in [0.1, 0.15) is 45.7 Å². The predicted octanol–water partition coefficient (Wildman–Crippen LogP) is 3.43. The van der Waals surface area contributed by atoms with Gasteiger partial charge in [0.15, 0.2) is 5.12 Å². The molecule has 0 bridgehead atoms. The van der Waals surface area contributed by atoms with E-state index in [0.29, 0.717) is 22.6 Å². The maximum atomic E-state index is 11.4. The Kier molecular flexibility index (Phi) is 5.67. The summed E-state index contributed by atoms with van der Waals surface area (Å²) in [5.74, 6) is 0.422. The molecule has 2 N–H and O–H groups in total. The van der Waals surface area contributed by atoms with Crippen molar-refractivity contribution in [2.75, 3.05) is 11.5 Å². The first-order valence-corrected chi connectivity index (χ1v) is 9.03. The van der Waals surface area contributed by atoms with Gasteiger partial charge >= 0.3 is 7.12 Å². The van der Waals surface area contributed by atoms with Crippen molar-refractivity contribution in [3.8, 4) is 6.07 Å². The van der Waals surface area contributed by atoms with Crippen LogP contribution < -0.4 is 5.73 Å². The van der Waals surface area contributed by atoms with Gasteiger partial charge in [0.2, 0.25) is 0 Å². The van der Waals surface area contributed by atoms with Crippen molar-refractivity contribution >= 4 is 35.8 Å². The SMILES string of the molecule is CC(=O)SCC(=Cc1cc(N)ccc1C#N)B1OC(C)(C)C(C)(C)O1. The fourth-order valence-corrected chi connectivity index (χ4v) is 2.95. The van der Waals surface area contributed by atoms with Gasteiger partial charge in [-0.15, -0.1) is 0 Å². The second-order valence-corrected chi connectivity index (χ2v) is 8.20. The van der Waals surface area contributed by atoms with E-state index in [4.69, 9.17) is 15.0 Å². The summed E-state index contributed by atoms with van der Waals surface area (Å²) in [5, 5.41) is 9.34. The number of nitriles is 1. The Hall–Kier alpha value is -1.75. The van der Waals surface area contributed by atoms with Crippen molar-refractivity contribution in [3.63, 3.8) is 0 Å². The number of nitrogens with two attached hydrogens (primary N) is 1. The molecule has 0 unspecified atom stereocenters. The summed E-state index contributed by atoms with van der Waals surface area (Å²) in [6.07, 6.45) is 1.84. The van der Waals surface area contributed by atoms with Crippen molar-refractivity contribution in [1.29, 1.82) is 5.26 Å². The van der Waals surface area contributed by atoms with Crippen molar-refractivity contribution in [3.05, 3.63) is 34.8 Å². The monoisotopic (exact) mass is 358 g/mol. The first-order chi connectivity index (χ1) is 11.6. The molecule has 1 aromatic carbocycles. The standard InChI is InChI=1S/C18H23BN2O3S/c1-12(22)25-11-15(19-23-17(2,3)18(4,5)24-19)8-14-9-16(21)7-6-13(14)10-20/h6-9H,11,21H2,1-5H3. The molecule has 1 heterocycles. The third-order valence-corrected chi connectivity index (χ3v) is 5.42. The van der Waals surface area contributed by atoms with Crippen LogP contribution in [-0.4, -0.2) is 29.2 Å². The van der Waals surface area contributed by atoms with E-state index in [-0.39, 0.29) is 5.12 Å². The minimum atomic E-state index is -0.579. The van der Waals surface area contributed by atoms with E-state index >= 15 is 0 Å². The van der Waals surface area contributed by atoms with E-state index in [9.17, 15) is 10.1 Å². The van der Waals surface area contributed by atoms with Crippen molar-refractivity contribution in [1.82, 2.24) is 0 Å².